The number of aromatic nitrogens is 4. The summed E-state index contributed by atoms with van der Waals surface area (Å²) >= 11 is 0. The molecule has 0 unspecified atom stereocenters. The van der Waals surface area contributed by atoms with Gasteiger partial charge in [0, 0.05) is 11.9 Å². The Morgan fingerprint density at radius 2 is 2.09 bits per heavy atom. The third kappa shape index (κ3) is 0.869. The zero-order chi connectivity index (χ0) is 7.84. The van der Waals surface area contributed by atoms with Gasteiger partial charge < -0.3 is 0 Å². The standard InChI is InChI=1S/C7H8N4/c1-5-3-4-11-6(2)9-10-7(11)8-5/h3-4H,1-2H3. The molecule has 0 spiro atoms. The lowest BCUT2D eigenvalue weighted by Gasteiger charge is -1.93. The highest BCUT2D eigenvalue weighted by molar-refractivity contribution is 5.28. The number of rotatable bonds is 0. The Hall–Kier alpha value is -1.45. The average molecular weight is 148 g/mol. The molecule has 0 fully saturated rings. The van der Waals surface area contributed by atoms with E-state index in [0.29, 0.717) is 5.78 Å². The molecule has 2 heterocycles. The quantitative estimate of drug-likeness (QED) is 0.553. The number of aryl methyl sites for hydroxylation is 2. The van der Waals surface area contributed by atoms with Gasteiger partial charge in [0.15, 0.2) is 0 Å². The van der Waals surface area contributed by atoms with Gasteiger partial charge in [-0.25, -0.2) is 4.98 Å². The first kappa shape index (κ1) is 6.27. The van der Waals surface area contributed by atoms with Crippen LogP contribution in [-0.4, -0.2) is 19.6 Å². The maximum atomic E-state index is 4.19. The fourth-order valence-corrected chi connectivity index (χ4v) is 0.986. The molecule has 0 aliphatic carbocycles. The topological polar surface area (TPSA) is 43.1 Å². The molecule has 2 aromatic heterocycles. The van der Waals surface area contributed by atoms with Crippen LogP contribution in [-0.2, 0) is 0 Å². The van der Waals surface area contributed by atoms with Crippen LogP contribution in [0.15, 0.2) is 12.3 Å². The van der Waals surface area contributed by atoms with Crippen LogP contribution in [0.3, 0.4) is 0 Å². The number of fused-ring (bicyclic) bond motifs is 1. The van der Waals surface area contributed by atoms with Gasteiger partial charge in [0.2, 0.25) is 0 Å². The molecule has 0 aliphatic rings. The Bertz CT molecular complexity index is 390. The molecule has 0 atom stereocenters. The maximum absolute atomic E-state index is 4.19. The molecule has 2 rings (SSSR count). The van der Waals surface area contributed by atoms with E-state index in [2.05, 4.69) is 15.2 Å². The monoisotopic (exact) mass is 148 g/mol. The second kappa shape index (κ2) is 2.02. The van der Waals surface area contributed by atoms with Gasteiger partial charge in [0.1, 0.15) is 5.82 Å². The first-order chi connectivity index (χ1) is 5.27. The molecular weight excluding hydrogens is 140 g/mol. The lowest BCUT2D eigenvalue weighted by molar-refractivity contribution is 1.000. The lowest BCUT2D eigenvalue weighted by atomic mass is 10.4. The highest BCUT2D eigenvalue weighted by atomic mass is 15.3. The van der Waals surface area contributed by atoms with Crippen molar-refractivity contribution in [2.75, 3.05) is 0 Å². The molecule has 0 radical (unpaired) electrons. The van der Waals surface area contributed by atoms with Crippen molar-refractivity contribution in [2.45, 2.75) is 13.8 Å². The Balaban J connectivity index is 2.86. The molecule has 0 saturated carbocycles. The van der Waals surface area contributed by atoms with Crippen LogP contribution in [0.4, 0.5) is 0 Å². The van der Waals surface area contributed by atoms with Crippen LogP contribution < -0.4 is 0 Å². The van der Waals surface area contributed by atoms with Crippen molar-refractivity contribution >= 4 is 5.78 Å². The molecule has 56 valence electrons. The zero-order valence-electron chi connectivity index (χ0n) is 6.44. The first-order valence-corrected chi connectivity index (χ1v) is 3.42. The van der Waals surface area contributed by atoms with E-state index in [-0.39, 0.29) is 0 Å². The molecule has 0 N–H and O–H groups in total. The molecule has 11 heavy (non-hydrogen) atoms. The maximum Gasteiger partial charge on any atom is 0.255 e. The summed E-state index contributed by atoms with van der Waals surface area (Å²) in [6.07, 6.45) is 1.92. The van der Waals surface area contributed by atoms with E-state index in [4.69, 9.17) is 0 Å². The molecule has 4 heteroatoms. The second-order valence-electron chi connectivity index (χ2n) is 2.49. The fourth-order valence-electron chi connectivity index (χ4n) is 0.986. The minimum Gasteiger partial charge on any atom is -0.271 e. The minimum atomic E-state index is 0.669. The van der Waals surface area contributed by atoms with E-state index >= 15 is 0 Å². The van der Waals surface area contributed by atoms with Crippen molar-refractivity contribution in [2.24, 2.45) is 0 Å². The number of nitrogens with zero attached hydrogens (tertiary/aromatic N) is 4. The molecular formula is C7H8N4. The summed E-state index contributed by atoms with van der Waals surface area (Å²) in [6, 6.07) is 1.93. The minimum absolute atomic E-state index is 0.669. The third-order valence-corrected chi connectivity index (χ3v) is 1.59. The Morgan fingerprint density at radius 3 is 2.91 bits per heavy atom. The van der Waals surface area contributed by atoms with Gasteiger partial charge >= 0.3 is 0 Å². The number of hydrogen-bond donors (Lipinski definition) is 0. The van der Waals surface area contributed by atoms with Crippen molar-refractivity contribution < 1.29 is 0 Å². The fraction of sp³-hybridized carbons (Fsp3) is 0.286. The Morgan fingerprint density at radius 1 is 1.27 bits per heavy atom. The predicted octanol–water partition coefficient (Wildman–Crippen LogP) is 0.741. The molecule has 0 aliphatic heterocycles. The van der Waals surface area contributed by atoms with Crippen molar-refractivity contribution in [1.29, 1.82) is 0 Å². The summed E-state index contributed by atoms with van der Waals surface area (Å²) in [5.41, 5.74) is 0.963. The largest absolute Gasteiger partial charge is 0.271 e. The first-order valence-electron chi connectivity index (χ1n) is 3.42. The van der Waals surface area contributed by atoms with Crippen LogP contribution in [0.25, 0.3) is 5.78 Å². The van der Waals surface area contributed by atoms with Gasteiger partial charge in [0.05, 0.1) is 0 Å². The number of hydrogen-bond acceptors (Lipinski definition) is 3. The molecule has 0 aromatic carbocycles. The van der Waals surface area contributed by atoms with Crippen LogP contribution in [0.2, 0.25) is 0 Å². The molecule has 2 aromatic rings. The molecule has 4 nitrogen and oxygen atoms in total. The molecule has 0 amide bonds. The van der Waals surface area contributed by atoms with Gasteiger partial charge in [-0.2, -0.15) is 0 Å². The predicted molar refractivity (Wildman–Crippen MR) is 40.3 cm³/mol. The lowest BCUT2D eigenvalue weighted by Crippen LogP contribution is -1.91. The molecule has 0 bridgehead atoms. The zero-order valence-corrected chi connectivity index (χ0v) is 6.44. The van der Waals surface area contributed by atoms with E-state index in [1.807, 2.05) is 30.5 Å². The van der Waals surface area contributed by atoms with Crippen LogP contribution in [0, 0.1) is 13.8 Å². The van der Waals surface area contributed by atoms with Crippen molar-refractivity contribution in [3.63, 3.8) is 0 Å². The van der Waals surface area contributed by atoms with Gasteiger partial charge in [-0.3, -0.25) is 4.40 Å². The normalized spacial score (nSPS) is 10.7. The Labute approximate surface area is 63.9 Å². The van der Waals surface area contributed by atoms with Gasteiger partial charge in [-0.15, -0.1) is 10.2 Å². The average Bonchev–Trinajstić information content (AvgIpc) is 2.32. The van der Waals surface area contributed by atoms with E-state index in [9.17, 15) is 0 Å². The Kier molecular flexibility index (Phi) is 1.15. The van der Waals surface area contributed by atoms with Crippen LogP contribution in [0.1, 0.15) is 11.5 Å². The van der Waals surface area contributed by atoms with E-state index in [1.54, 1.807) is 0 Å². The highest BCUT2D eigenvalue weighted by Crippen LogP contribution is 1.99. The summed E-state index contributed by atoms with van der Waals surface area (Å²) < 4.78 is 1.85. The van der Waals surface area contributed by atoms with Crippen molar-refractivity contribution in [1.82, 2.24) is 19.6 Å². The highest BCUT2D eigenvalue weighted by Gasteiger charge is 1.99. The summed E-state index contributed by atoms with van der Waals surface area (Å²) in [5.74, 6) is 1.54. The van der Waals surface area contributed by atoms with Crippen molar-refractivity contribution in [3.05, 3.63) is 23.8 Å². The summed E-state index contributed by atoms with van der Waals surface area (Å²) in [5, 5.41) is 7.77. The van der Waals surface area contributed by atoms with E-state index in [1.165, 1.54) is 0 Å². The smallest absolute Gasteiger partial charge is 0.255 e. The molecule has 0 saturated heterocycles. The summed E-state index contributed by atoms with van der Waals surface area (Å²) in [6.45, 7) is 3.83. The van der Waals surface area contributed by atoms with Gasteiger partial charge in [0.25, 0.3) is 5.78 Å². The summed E-state index contributed by atoms with van der Waals surface area (Å²) in [7, 11) is 0. The van der Waals surface area contributed by atoms with Crippen LogP contribution in [0.5, 0.6) is 0 Å². The second-order valence-corrected chi connectivity index (χ2v) is 2.49. The van der Waals surface area contributed by atoms with E-state index in [0.717, 1.165) is 11.5 Å². The van der Waals surface area contributed by atoms with E-state index < -0.39 is 0 Å². The van der Waals surface area contributed by atoms with Crippen LogP contribution >= 0.6 is 0 Å². The SMILES string of the molecule is Cc1ccn2c(C)nnc2n1. The summed E-state index contributed by atoms with van der Waals surface area (Å²) in [4.78, 5) is 4.19. The van der Waals surface area contributed by atoms with Gasteiger partial charge in [-0.1, -0.05) is 0 Å². The van der Waals surface area contributed by atoms with Crippen molar-refractivity contribution in [3.8, 4) is 0 Å². The van der Waals surface area contributed by atoms with Gasteiger partial charge in [-0.05, 0) is 19.9 Å². The third-order valence-electron chi connectivity index (χ3n) is 1.59.